The molecule has 0 bridgehead atoms. The maximum atomic E-state index is 13.9. The van der Waals surface area contributed by atoms with Gasteiger partial charge in [0.05, 0.1) is 19.0 Å². The minimum atomic E-state index is -4.71. The highest BCUT2D eigenvalue weighted by molar-refractivity contribution is 6.09. The van der Waals surface area contributed by atoms with Crippen molar-refractivity contribution >= 4 is 17.5 Å². The number of rotatable bonds is 4. The van der Waals surface area contributed by atoms with E-state index in [1.54, 1.807) is 0 Å². The lowest BCUT2D eigenvalue weighted by Crippen LogP contribution is -2.33. The molecule has 2 amide bonds. The summed E-state index contributed by atoms with van der Waals surface area (Å²) in [6.45, 7) is -0.0913. The van der Waals surface area contributed by atoms with Gasteiger partial charge in [0, 0.05) is 32.1 Å². The number of likely N-dealkylation sites (N-methyl/N-ethyl adjacent to an activating group) is 1. The SMILES string of the molecule is COc1c(F)cccc1NC(=O)[C@H]1C(=O)N(C)C[C@@H]1c1cnn(C)c1C(F)(F)F. The number of nitrogens with one attached hydrogen (secondary N) is 1. The third kappa shape index (κ3) is 3.64. The summed E-state index contributed by atoms with van der Waals surface area (Å²) in [6, 6.07) is 3.82. The van der Waals surface area contributed by atoms with Crippen LogP contribution in [-0.2, 0) is 22.8 Å². The smallest absolute Gasteiger partial charge is 0.433 e. The number of carbonyl (C=O) groups excluding carboxylic acids is 2. The summed E-state index contributed by atoms with van der Waals surface area (Å²) >= 11 is 0. The van der Waals surface area contributed by atoms with Gasteiger partial charge in [-0.2, -0.15) is 18.3 Å². The number of alkyl halides is 3. The van der Waals surface area contributed by atoms with Gasteiger partial charge in [0.25, 0.3) is 0 Å². The number of ether oxygens (including phenoxy) is 1. The number of hydrogen-bond acceptors (Lipinski definition) is 4. The standard InChI is InChI=1S/C18H18F4N4O3/c1-25-8-10(9-7-23-26(2)15(9)18(20,21)22)13(17(25)28)16(27)24-12-6-4-5-11(19)14(12)29-3/h4-7,10,13H,8H2,1-3H3,(H,24,27)/t10-,13+/m1/s1. The molecule has 2 heterocycles. The van der Waals surface area contributed by atoms with Crippen LogP contribution in [0.1, 0.15) is 17.2 Å². The number of amides is 2. The van der Waals surface area contributed by atoms with E-state index in [4.69, 9.17) is 4.74 Å². The van der Waals surface area contributed by atoms with Gasteiger partial charge in [-0.1, -0.05) is 6.07 Å². The number of methoxy groups -OCH3 is 1. The van der Waals surface area contributed by atoms with Crippen molar-refractivity contribution in [1.29, 1.82) is 0 Å². The van der Waals surface area contributed by atoms with E-state index in [2.05, 4.69) is 10.4 Å². The predicted molar refractivity (Wildman–Crippen MR) is 93.7 cm³/mol. The lowest BCUT2D eigenvalue weighted by atomic mass is 9.87. The van der Waals surface area contributed by atoms with Gasteiger partial charge in [0.15, 0.2) is 11.6 Å². The molecule has 1 aromatic heterocycles. The molecule has 0 aliphatic carbocycles. The first-order chi connectivity index (χ1) is 13.6. The minimum Gasteiger partial charge on any atom is -0.492 e. The van der Waals surface area contributed by atoms with E-state index in [1.165, 1.54) is 31.2 Å². The van der Waals surface area contributed by atoms with Gasteiger partial charge in [0.2, 0.25) is 11.8 Å². The Morgan fingerprint density at radius 2 is 2.00 bits per heavy atom. The van der Waals surface area contributed by atoms with Crippen LogP contribution in [0.4, 0.5) is 23.2 Å². The minimum absolute atomic E-state index is 0.0270. The highest BCUT2D eigenvalue weighted by Gasteiger charge is 2.49. The Morgan fingerprint density at radius 1 is 1.31 bits per heavy atom. The molecular weight excluding hydrogens is 396 g/mol. The van der Waals surface area contributed by atoms with Crippen molar-refractivity contribution in [2.75, 3.05) is 26.0 Å². The van der Waals surface area contributed by atoms with Crippen LogP contribution >= 0.6 is 0 Å². The van der Waals surface area contributed by atoms with Gasteiger partial charge in [-0.3, -0.25) is 14.3 Å². The highest BCUT2D eigenvalue weighted by atomic mass is 19.4. The van der Waals surface area contributed by atoms with Crippen molar-refractivity contribution in [3.8, 4) is 5.75 Å². The second-order valence-electron chi connectivity index (χ2n) is 6.68. The van der Waals surface area contributed by atoms with Crippen LogP contribution in [0.5, 0.6) is 5.75 Å². The summed E-state index contributed by atoms with van der Waals surface area (Å²) in [7, 11) is 3.74. The zero-order valence-corrected chi connectivity index (χ0v) is 15.7. The molecule has 1 N–H and O–H groups in total. The van der Waals surface area contributed by atoms with E-state index in [9.17, 15) is 27.2 Å². The van der Waals surface area contributed by atoms with E-state index >= 15 is 0 Å². The molecule has 0 unspecified atom stereocenters. The van der Waals surface area contributed by atoms with Crippen LogP contribution in [0.15, 0.2) is 24.4 Å². The van der Waals surface area contributed by atoms with Gasteiger partial charge in [0.1, 0.15) is 11.6 Å². The Morgan fingerprint density at radius 3 is 2.62 bits per heavy atom. The van der Waals surface area contributed by atoms with E-state index in [1.807, 2.05) is 0 Å². The average Bonchev–Trinajstić information content (AvgIpc) is 3.15. The third-order valence-electron chi connectivity index (χ3n) is 4.86. The molecule has 2 atom stereocenters. The van der Waals surface area contributed by atoms with Crippen molar-refractivity contribution in [3.63, 3.8) is 0 Å². The normalized spacial score (nSPS) is 19.6. The summed E-state index contributed by atoms with van der Waals surface area (Å²) in [5.74, 6) is -4.97. The molecule has 1 aliphatic rings. The molecule has 7 nitrogen and oxygen atoms in total. The first-order valence-electron chi connectivity index (χ1n) is 8.53. The fraction of sp³-hybridized carbons (Fsp3) is 0.389. The molecule has 156 valence electrons. The van der Waals surface area contributed by atoms with Crippen LogP contribution in [0, 0.1) is 11.7 Å². The van der Waals surface area contributed by atoms with E-state index < -0.39 is 41.3 Å². The zero-order chi connectivity index (χ0) is 21.5. The van der Waals surface area contributed by atoms with Crippen LogP contribution < -0.4 is 10.1 Å². The lowest BCUT2D eigenvalue weighted by Gasteiger charge is -2.19. The third-order valence-corrected chi connectivity index (χ3v) is 4.86. The number of para-hydroxylation sites is 1. The molecule has 0 saturated carbocycles. The Balaban J connectivity index is 1.98. The molecule has 11 heteroatoms. The lowest BCUT2D eigenvalue weighted by molar-refractivity contribution is -0.145. The van der Waals surface area contributed by atoms with E-state index in [0.29, 0.717) is 4.68 Å². The van der Waals surface area contributed by atoms with Crippen LogP contribution in [0.2, 0.25) is 0 Å². The van der Waals surface area contributed by atoms with Crippen LogP contribution in [0.3, 0.4) is 0 Å². The van der Waals surface area contributed by atoms with Gasteiger partial charge in [-0.15, -0.1) is 0 Å². The number of hydrogen-bond donors (Lipinski definition) is 1. The Bertz CT molecular complexity index is 957. The average molecular weight is 414 g/mol. The first kappa shape index (κ1) is 20.6. The number of nitrogens with zero attached hydrogens (tertiary/aromatic N) is 3. The number of carbonyl (C=O) groups is 2. The first-order valence-corrected chi connectivity index (χ1v) is 8.53. The number of aromatic nitrogens is 2. The molecule has 0 radical (unpaired) electrons. The number of anilines is 1. The summed E-state index contributed by atoms with van der Waals surface area (Å²) in [5.41, 5.74) is -1.29. The van der Waals surface area contributed by atoms with Gasteiger partial charge in [-0.05, 0) is 12.1 Å². The maximum absolute atomic E-state index is 13.9. The van der Waals surface area contributed by atoms with Crippen LogP contribution in [-0.4, -0.2) is 47.2 Å². The Kier molecular flexibility index (Phi) is 5.24. The van der Waals surface area contributed by atoms with Gasteiger partial charge < -0.3 is 15.0 Å². The molecule has 0 spiro atoms. The molecule has 2 aromatic rings. The van der Waals surface area contributed by atoms with Crippen molar-refractivity contribution < 1.29 is 31.9 Å². The molecule has 1 aromatic carbocycles. The largest absolute Gasteiger partial charge is 0.492 e. The van der Waals surface area contributed by atoms with Crippen LogP contribution in [0.25, 0.3) is 0 Å². The van der Waals surface area contributed by atoms with Crippen molar-refractivity contribution in [2.24, 2.45) is 13.0 Å². The predicted octanol–water partition coefficient (Wildman–Crippen LogP) is 2.40. The van der Waals surface area contributed by atoms with Crippen molar-refractivity contribution in [3.05, 3.63) is 41.5 Å². The van der Waals surface area contributed by atoms with E-state index in [0.717, 1.165) is 19.3 Å². The highest BCUT2D eigenvalue weighted by Crippen LogP contribution is 2.41. The summed E-state index contributed by atoms with van der Waals surface area (Å²) in [5, 5.41) is 6.06. The summed E-state index contributed by atoms with van der Waals surface area (Å²) in [6.07, 6.45) is -3.69. The maximum Gasteiger partial charge on any atom is 0.433 e. The second kappa shape index (κ2) is 7.37. The Hall–Kier alpha value is -3.11. The molecule has 3 rings (SSSR count). The summed E-state index contributed by atoms with van der Waals surface area (Å²) in [4.78, 5) is 26.6. The number of benzene rings is 1. The monoisotopic (exact) mass is 414 g/mol. The fourth-order valence-electron chi connectivity index (χ4n) is 3.57. The molecule has 29 heavy (non-hydrogen) atoms. The number of aryl methyl sites for hydroxylation is 1. The van der Waals surface area contributed by atoms with Crippen molar-refractivity contribution in [2.45, 2.75) is 12.1 Å². The summed E-state index contributed by atoms with van der Waals surface area (Å²) < 4.78 is 59.9. The molecule has 1 aliphatic heterocycles. The fourth-order valence-corrected chi connectivity index (χ4v) is 3.57. The van der Waals surface area contributed by atoms with E-state index in [-0.39, 0.29) is 23.5 Å². The Labute approximate surface area is 163 Å². The molecular formula is C18H18F4N4O3. The molecule has 1 saturated heterocycles. The zero-order valence-electron chi connectivity index (χ0n) is 15.7. The number of likely N-dealkylation sites (tertiary alicyclic amines) is 1. The molecule has 1 fully saturated rings. The van der Waals surface area contributed by atoms with Crippen molar-refractivity contribution in [1.82, 2.24) is 14.7 Å². The van der Waals surface area contributed by atoms with Gasteiger partial charge in [-0.25, -0.2) is 4.39 Å². The quantitative estimate of drug-likeness (QED) is 0.616. The topological polar surface area (TPSA) is 76.5 Å². The second-order valence-corrected chi connectivity index (χ2v) is 6.68. The van der Waals surface area contributed by atoms with Gasteiger partial charge >= 0.3 is 6.18 Å². The number of halogens is 4.